The Balaban J connectivity index is 2.18. The van der Waals surface area contributed by atoms with Crippen LogP contribution in [0.25, 0.3) is 0 Å². The molecule has 0 saturated carbocycles. The number of aliphatic hydroxyl groups excluding tert-OH is 1. The van der Waals surface area contributed by atoms with Crippen molar-refractivity contribution >= 4 is 23.3 Å². The molecule has 1 heterocycles. The Morgan fingerprint density at radius 2 is 2.23 bits per heavy atom. The van der Waals surface area contributed by atoms with E-state index >= 15 is 0 Å². The molecule has 22 heavy (non-hydrogen) atoms. The fourth-order valence-electron chi connectivity index (χ4n) is 3.37. The average Bonchev–Trinajstić information content (AvgIpc) is 2.86. The molecular formula is C17H25ClN2O2. The van der Waals surface area contributed by atoms with E-state index < -0.39 is 5.54 Å². The van der Waals surface area contributed by atoms with Crippen LogP contribution in [-0.4, -0.2) is 34.7 Å². The average molecular weight is 325 g/mol. The van der Waals surface area contributed by atoms with Crippen molar-refractivity contribution in [3.63, 3.8) is 0 Å². The van der Waals surface area contributed by atoms with E-state index in [9.17, 15) is 9.90 Å². The first-order chi connectivity index (χ1) is 10.4. The highest BCUT2D eigenvalue weighted by Crippen LogP contribution is 2.35. The molecule has 122 valence electrons. The maximum atomic E-state index is 12.7. The molecular weight excluding hydrogens is 300 g/mol. The highest BCUT2D eigenvalue weighted by molar-refractivity contribution is 6.31. The van der Waals surface area contributed by atoms with Crippen molar-refractivity contribution in [1.29, 1.82) is 0 Å². The van der Waals surface area contributed by atoms with E-state index in [0.717, 1.165) is 30.5 Å². The van der Waals surface area contributed by atoms with E-state index in [-0.39, 0.29) is 12.6 Å². The number of amides is 2. The first-order valence-electron chi connectivity index (χ1n) is 7.83. The van der Waals surface area contributed by atoms with Crippen LogP contribution in [-0.2, 0) is 0 Å². The Morgan fingerprint density at radius 1 is 1.50 bits per heavy atom. The minimum Gasteiger partial charge on any atom is -0.394 e. The van der Waals surface area contributed by atoms with E-state index in [1.54, 1.807) is 17.0 Å². The van der Waals surface area contributed by atoms with Gasteiger partial charge in [0.1, 0.15) is 0 Å². The predicted molar refractivity (Wildman–Crippen MR) is 90.4 cm³/mol. The summed E-state index contributed by atoms with van der Waals surface area (Å²) in [5.74, 6) is 0.424. The number of carbonyl (C=O) groups is 1. The van der Waals surface area contributed by atoms with Gasteiger partial charge < -0.3 is 15.3 Å². The summed E-state index contributed by atoms with van der Waals surface area (Å²) in [5, 5.41) is 13.4. The van der Waals surface area contributed by atoms with Crippen LogP contribution in [0.3, 0.4) is 0 Å². The smallest absolute Gasteiger partial charge is 0.322 e. The normalized spacial score (nSPS) is 21.5. The number of nitrogens with one attached hydrogen (secondary N) is 1. The quantitative estimate of drug-likeness (QED) is 0.877. The number of hydrogen-bond donors (Lipinski definition) is 2. The number of aryl methyl sites for hydroxylation is 1. The van der Waals surface area contributed by atoms with Crippen molar-refractivity contribution in [1.82, 2.24) is 4.90 Å². The topological polar surface area (TPSA) is 52.6 Å². The van der Waals surface area contributed by atoms with Gasteiger partial charge in [-0.2, -0.15) is 0 Å². The number of nitrogens with zero attached hydrogens (tertiary/aromatic N) is 1. The molecule has 1 atom stereocenters. The highest BCUT2D eigenvalue weighted by atomic mass is 35.5. The monoisotopic (exact) mass is 324 g/mol. The van der Waals surface area contributed by atoms with Crippen molar-refractivity contribution in [3.05, 3.63) is 28.8 Å². The van der Waals surface area contributed by atoms with E-state index in [1.165, 1.54) is 0 Å². The maximum absolute atomic E-state index is 12.7. The van der Waals surface area contributed by atoms with Gasteiger partial charge in [-0.3, -0.25) is 0 Å². The molecule has 0 radical (unpaired) electrons. The molecule has 2 N–H and O–H groups in total. The van der Waals surface area contributed by atoms with Crippen molar-refractivity contribution < 1.29 is 9.90 Å². The second-order valence-electron chi connectivity index (χ2n) is 6.63. The number of likely N-dealkylation sites (tertiary alicyclic amines) is 1. The lowest BCUT2D eigenvalue weighted by atomic mass is 9.87. The molecule has 0 aromatic heterocycles. The number of benzene rings is 1. The first-order valence-corrected chi connectivity index (χ1v) is 8.21. The summed E-state index contributed by atoms with van der Waals surface area (Å²) in [5.41, 5.74) is 1.25. The third-order valence-electron chi connectivity index (χ3n) is 4.37. The molecule has 1 aromatic rings. The number of rotatable bonds is 4. The minimum absolute atomic E-state index is 0.00707. The molecule has 0 aliphatic carbocycles. The van der Waals surface area contributed by atoms with Gasteiger partial charge in [-0.1, -0.05) is 31.5 Å². The zero-order valence-corrected chi connectivity index (χ0v) is 14.3. The lowest BCUT2D eigenvalue weighted by molar-refractivity contribution is 0.0728. The van der Waals surface area contributed by atoms with Gasteiger partial charge in [0.15, 0.2) is 0 Å². The van der Waals surface area contributed by atoms with E-state index in [4.69, 9.17) is 11.6 Å². The lowest BCUT2D eigenvalue weighted by Gasteiger charge is -2.38. The van der Waals surface area contributed by atoms with Crippen molar-refractivity contribution in [2.75, 3.05) is 18.5 Å². The molecule has 1 saturated heterocycles. The van der Waals surface area contributed by atoms with Gasteiger partial charge in [0.25, 0.3) is 0 Å². The van der Waals surface area contributed by atoms with Crippen molar-refractivity contribution in [3.8, 4) is 0 Å². The van der Waals surface area contributed by atoms with Gasteiger partial charge in [-0.05, 0) is 49.8 Å². The van der Waals surface area contributed by atoms with Crippen LogP contribution in [0.4, 0.5) is 10.5 Å². The molecule has 4 nitrogen and oxygen atoms in total. The van der Waals surface area contributed by atoms with Crippen LogP contribution in [0.1, 0.15) is 38.7 Å². The van der Waals surface area contributed by atoms with Gasteiger partial charge in [-0.15, -0.1) is 0 Å². The maximum Gasteiger partial charge on any atom is 0.322 e. The van der Waals surface area contributed by atoms with Gasteiger partial charge in [0, 0.05) is 17.3 Å². The van der Waals surface area contributed by atoms with Crippen LogP contribution < -0.4 is 5.32 Å². The molecule has 0 bridgehead atoms. The summed E-state index contributed by atoms with van der Waals surface area (Å²) >= 11 is 6.01. The Morgan fingerprint density at radius 3 is 2.86 bits per heavy atom. The van der Waals surface area contributed by atoms with E-state index in [1.807, 2.05) is 13.0 Å². The van der Waals surface area contributed by atoms with Gasteiger partial charge in [0.05, 0.1) is 12.1 Å². The number of carbonyl (C=O) groups excluding carboxylic acids is 1. The molecule has 1 aliphatic rings. The molecule has 5 heteroatoms. The molecule has 1 fully saturated rings. The number of halogens is 1. The summed E-state index contributed by atoms with van der Waals surface area (Å²) < 4.78 is 0. The number of aliphatic hydroxyl groups is 1. The second kappa shape index (κ2) is 6.88. The summed E-state index contributed by atoms with van der Waals surface area (Å²) in [6, 6.07) is 5.29. The Bertz CT molecular complexity index is 547. The molecule has 2 amide bonds. The lowest BCUT2D eigenvalue weighted by Crippen LogP contribution is -2.52. The zero-order valence-electron chi connectivity index (χ0n) is 13.5. The van der Waals surface area contributed by atoms with Crippen LogP contribution in [0.5, 0.6) is 0 Å². The van der Waals surface area contributed by atoms with Crippen LogP contribution >= 0.6 is 11.6 Å². The largest absolute Gasteiger partial charge is 0.394 e. The zero-order chi connectivity index (χ0) is 16.3. The number of urea groups is 1. The van der Waals surface area contributed by atoms with Gasteiger partial charge >= 0.3 is 6.03 Å². The Hall–Kier alpha value is -1.26. The van der Waals surface area contributed by atoms with Crippen LogP contribution in [0.2, 0.25) is 5.02 Å². The Kier molecular flexibility index (Phi) is 5.35. The third kappa shape index (κ3) is 3.55. The van der Waals surface area contributed by atoms with Crippen LogP contribution in [0, 0.1) is 12.8 Å². The number of hydrogen-bond acceptors (Lipinski definition) is 2. The van der Waals surface area contributed by atoms with Crippen molar-refractivity contribution in [2.24, 2.45) is 5.92 Å². The fraction of sp³-hybridized carbons (Fsp3) is 0.588. The molecule has 1 aromatic carbocycles. The predicted octanol–water partition coefficient (Wildman–Crippen LogP) is 4.05. The molecule has 1 aliphatic heterocycles. The minimum atomic E-state index is -0.440. The second-order valence-corrected chi connectivity index (χ2v) is 7.06. The summed E-state index contributed by atoms with van der Waals surface area (Å²) in [7, 11) is 0. The highest BCUT2D eigenvalue weighted by Gasteiger charge is 2.43. The van der Waals surface area contributed by atoms with Crippen LogP contribution in [0.15, 0.2) is 18.2 Å². The first kappa shape index (κ1) is 17.1. The summed E-state index contributed by atoms with van der Waals surface area (Å²) in [6.45, 7) is 6.86. The van der Waals surface area contributed by atoms with Gasteiger partial charge in [0.2, 0.25) is 0 Å². The van der Waals surface area contributed by atoms with E-state index in [2.05, 4.69) is 19.2 Å². The SMILES string of the molecule is Cc1ccc(Cl)cc1NC(=O)N1CCC[C@]1(CO)CC(C)C. The Labute approximate surface area is 137 Å². The van der Waals surface area contributed by atoms with E-state index in [0.29, 0.717) is 17.5 Å². The standard InChI is InChI=1S/C17H25ClN2O2/c1-12(2)10-17(11-21)7-4-8-20(17)16(22)19-15-9-14(18)6-5-13(15)3/h5-6,9,12,21H,4,7-8,10-11H2,1-3H3,(H,19,22)/t17-/m1/s1. The molecule has 0 unspecified atom stereocenters. The summed E-state index contributed by atoms with van der Waals surface area (Å²) in [6.07, 6.45) is 2.59. The van der Waals surface area contributed by atoms with Gasteiger partial charge in [-0.25, -0.2) is 4.79 Å². The summed E-state index contributed by atoms with van der Waals surface area (Å²) in [4.78, 5) is 14.5. The number of anilines is 1. The van der Waals surface area contributed by atoms with Crippen molar-refractivity contribution in [2.45, 2.75) is 45.6 Å². The molecule has 0 spiro atoms. The fourth-order valence-corrected chi connectivity index (χ4v) is 3.54. The third-order valence-corrected chi connectivity index (χ3v) is 4.60. The molecule has 2 rings (SSSR count).